The quantitative estimate of drug-likeness (QED) is 0.823. The van der Waals surface area contributed by atoms with Gasteiger partial charge in [-0.15, -0.1) is 0 Å². The Morgan fingerprint density at radius 1 is 1.39 bits per heavy atom. The molecule has 0 bridgehead atoms. The molecule has 3 heteroatoms. The van der Waals surface area contributed by atoms with Crippen molar-refractivity contribution in [1.82, 2.24) is 4.90 Å². The van der Waals surface area contributed by atoms with Gasteiger partial charge in [-0.05, 0) is 31.5 Å². The molecule has 0 saturated heterocycles. The number of carbonyl (C=O) groups excluding carboxylic acids is 1. The first-order chi connectivity index (χ1) is 8.72. The molecule has 0 saturated carbocycles. The monoisotopic (exact) mass is 245 g/mol. The Morgan fingerprint density at radius 3 is 2.78 bits per heavy atom. The van der Waals surface area contributed by atoms with Crippen molar-refractivity contribution < 1.29 is 9.90 Å². The Balaban J connectivity index is 2.91. The molecule has 0 radical (unpaired) electrons. The van der Waals surface area contributed by atoms with Crippen LogP contribution in [0.4, 0.5) is 0 Å². The van der Waals surface area contributed by atoms with Crippen LogP contribution in [0.2, 0.25) is 0 Å². The van der Waals surface area contributed by atoms with E-state index in [-0.39, 0.29) is 12.5 Å². The van der Waals surface area contributed by atoms with Crippen molar-refractivity contribution in [2.45, 2.75) is 20.3 Å². The predicted octanol–water partition coefficient (Wildman–Crippen LogP) is 1.90. The molecule has 1 aromatic rings. The molecule has 0 fully saturated rings. The summed E-state index contributed by atoms with van der Waals surface area (Å²) in [6.07, 6.45) is 0.948. The molecule has 0 aliphatic carbocycles. The molecular formula is C15H19NO2. The highest BCUT2D eigenvalue weighted by Crippen LogP contribution is 2.08. The molecule has 0 heterocycles. The second-order valence-corrected chi connectivity index (χ2v) is 3.93. The van der Waals surface area contributed by atoms with Gasteiger partial charge in [-0.25, -0.2) is 0 Å². The molecule has 0 atom stereocenters. The van der Waals surface area contributed by atoms with Gasteiger partial charge in [0.05, 0.1) is 0 Å². The number of carbonyl (C=O) groups is 1. The average molecular weight is 245 g/mol. The zero-order chi connectivity index (χ0) is 13.4. The van der Waals surface area contributed by atoms with Crippen LogP contribution in [0.15, 0.2) is 24.3 Å². The summed E-state index contributed by atoms with van der Waals surface area (Å²) < 4.78 is 0. The molecule has 0 aromatic heterocycles. The minimum Gasteiger partial charge on any atom is -0.384 e. The van der Waals surface area contributed by atoms with E-state index in [4.69, 9.17) is 5.11 Å². The van der Waals surface area contributed by atoms with Crippen molar-refractivity contribution >= 4 is 5.91 Å². The van der Waals surface area contributed by atoms with Crippen LogP contribution in [0.5, 0.6) is 0 Å². The van der Waals surface area contributed by atoms with E-state index in [9.17, 15) is 4.79 Å². The molecule has 1 amide bonds. The molecule has 0 aliphatic rings. The molecule has 0 aliphatic heterocycles. The highest BCUT2D eigenvalue weighted by Gasteiger charge is 2.12. The van der Waals surface area contributed by atoms with E-state index in [0.717, 1.165) is 18.5 Å². The van der Waals surface area contributed by atoms with Crippen LogP contribution in [0, 0.1) is 11.8 Å². The van der Waals surface area contributed by atoms with E-state index in [2.05, 4.69) is 18.8 Å². The zero-order valence-corrected chi connectivity index (χ0v) is 10.9. The average Bonchev–Trinajstić information content (AvgIpc) is 2.42. The van der Waals surface area contributed by atoms with E-state index in [0.29, 0.717) is 12.1 Å². The number of amides is 1. The lowest BCUT2D eigenvalue weighted by Crippen LogP contribution is -2.31. The number of hydrogen-bond acceptors (Lipinski definition) is 2. The summed E-state index contributed by atoms with van der Waals surface area (Å²) in [5.41, 5.74) is 1.40. The summed E-state index contributed by atoms with van der Waals surface area (Å²) in [5.74, 6) is 5.42. The molecule has 0 unspecified atom stereocenters. The lowest BCUT2D eigenvalue weighted by Gasteiger charge is -2.20. The number of rotatable bonds is 4. The Hall–Kier alpha value is -1.79. The normalized spacial score (nSPS) is 9.50. The third-order valence-electron chi connectivity index (χ3n) is 2.58. The molecule has 3 nitrogen and oxygen atoms in total. The highest BCUT2D eigenvalue weighted by molar-refractivity contribution is 5.94. The minimum absolute atomic E-state index is 0.0343. The smallest absolute Gasteiger partial charge is 0.253 e. The summed E-state index contributed by atoms with van der Waals surface area (Å²) in [5, 5.41) is 8.65. The standard InChI is InChI=1S/C15H19NO2/c1-3-10-16(4-2)15(18)14-9-5-7-13(12-14)8-6-11-17/h5,7,9,12,17H,3-4,10-11H2,1-2H3. The first-order valence-corrected chi connectivity index (χ1v) is 6.22. The maximum Gasteiger partial charge on any atom is 0.253 e. The third kappa shape index (κ3) is 3.90. The lowest BCUT2D eigenvalue weighted by molar-refractivity contribution is 0.0764. The lowest BCUT2D eigenvalue weighted by atomic mass is 10.1. The number of aliphatic hydroxyl groups is 1. The Morgan fingerprint density at radius 2 is 2.17 bits per heavy atom. The number of aliphatic hydroxyl groups excluding tert-OH is 1. The summed E-state index contributed by atoms with van der Waals surface area (Å²) >= 11 is 0. The SMILES string of the molecule is CCCN(CC)C(=O)c1cccc(C#CCO)c1. The largest absolute Gasteiger partial charge is 0.384 e. The van der Waals surface area contributed by atoms with Crippen LogP contribution in [0.25, 0.3) is 0 Å². The van der Waals surface area contributed by atoms with Gasteiger partial charge in [0, 0.05) is 24.2 Å². The van der Waals surface area contributed by atoms with Gasteiger partial charge in [0.25, 0.3) is 5.91 Å². The van der Waals surface area contributed by atoms with Crippen LogP contribution in [0.1, 0.15) is 36.2 Å². The van der Waals surface area contributed by atoms with Crippen molar-refractivity contribution in [3.05, 3.63) is 35.4 Å². The predicted molar refractivity (Wildman–Crippen MR) is 72.3 cm³/mol. The molecule has 18 heavy (non-hydrogen) atoms. The van der Waals surface area contributed by atoms with Crippen LogP contribution < -0.4 is 0 Å². The van der Waals surface area contributed by atoms with Crippen molar-refractivity contribution in [3.8, 4) is 11.8 Å². The second kappa shape index (κ2) is 7.52. The van der Waals surface area contributed by atoms with Gasteiger partial charge >= 0.3 is 0 Å². The fourth-order valence-electron chi connectivity index (χ4n) is 1.73. The van der Waals surface area contributed by atoms with Crippen molar-refractivity contribution in [2.75, 3.05) is 19.7 Å². The maximum absolute atomic E-state index is 12.2. The molecule has 1 N–H and O–H groups in total. The Bertz CT molecular complexity index is 457. The van der Waals surface area contributed by atoms with Crippen molar-refractivity contribution in [1.29, 1.82) is 0 Å². The van der Waals surface area contributed by atoms with Crippen molar-refractivity contribution in [3.63, 3.8) is 0 Å². The highest BCUT2D eigenvalue weighted by atomic mass is 16.2. The summed E-state index contributed by atoms with van der Waals surface area (Å²) in [7, 11) is 0. The van der Waals surface area contributed by atoms with Gasteiger partial charge in [0.1, 0.15) is 6.61 Å². The third-order valence-corrected chi connectivity index (χ3v) is 2.58. The van der Waals surface area contributed by atoms with Gasteiger partial charge in [0.15, 0.2) is 0 Å². The summed E-state index contributed by atoms with van der Waals surface area (Å²) in [4.78, 5) is 14.0. The molecule has 0 spiro atoms. The van der Waals surface area contributed by atoms with E-state index in [1.807, 2.05) is 24.0 Å². The molecule has 1 aromatic carbocycles. The Kier molecular flexibility index (Phi) is 5.96. The van der Waals surface area contributed by atoms with Gasteiger partial charge in [-0.3, -0.25) is 4.79 Å². The van der Waals surface area contributed by atoms with Crippen LogP contribution in [-0.4, -0.2) is 35.6 Å². The zero-order valence-electron chi connectivity index (χ0n) is 10.9. The van der Waals surface area contributed by atoms with E-state index < -0.39 is 0 Å². The van der Waals surface area contributed by atoms with E-state index >= 15 is 0 Å². The first-order valence-electron chi connectivity index (χ1n) is 6.22. The fraction of sp³-hybridized carbons (Fsp3) is 0.400. The van der Waals surface area contributed by atoms with Crippen LogP contribution >= 0.6 is 0 Å². The first kappa shape index (κ1) is 14.3. The number of benzene rings is 1. The second-order valence-electron chi connectivity index (χ2n) is 3.93. The van der Waals surface area contributed by atoms with E-state index in [1.165, 1.54) is 0 Å². The minimum atomic E-state index is -0.172. The van der Waals surface area contributed by atoms with Gasteiger partial charge in [-0.1, -0.05) is 24.8 Å². The summed E-state index contributed by atoms with van der Waals surface area (Å²) in [6.45, 7) is 5.33. The maximum atomic E-state index is 12.2. The van der Waals surface area contributed by atoms with Crippen LogP contribution in [-0.2, 0) is 0 Å². The fourth-order valence-corrected chi connectivity index (χ4v) is 1.73. The summed E-state index contributed by atoms with van der Waals surface area (Å²) in [6, 6.07) is 7.21. The van der Waals surface area contributed by atoms with Crippen LogP contribution in [0.3, 0.4) is 0 Å². The topological polar surface area (TPSA) is 40.5 Å². The molecular weight excluding hydrogens is 226 g/mol. The van der Waals surface area contributed by atoms with Gasteiger partial charge in [0.2, 0.25) is 0 Å². The van der Waals surface area contributed by atoms with Crippen molar-refractivity contribution in [2.24, 2.45) is 0 Å². The Labute approximate surface area is 108 Å². The molecule has 1 rings (SSSR count). The van der Waals surface area contributed by atoms with Gasteiger partial charge < -0.3 is 10.0 Å². The molecule has 96 valence electrons. The van der Waals surface area contributed by atoms with E-state index in [1.54, 1.807) is 12.1 Å². The number of nitrogens with zero attached hydrogens (tertiary/aromatic N) is 1. The van der Waals surface area contributed by atoms with Gasteiger partial charge in [-0.2, -0.15) is 0 Å². The number of hydrogen-bond donors (Lipinski definition) is 1.